The summed E-state index contributed by atoms with van der Waals surface area (Å²) in [5.41, 5.74) is 13.0. The lowest BCUT2D eigenvalue weighted by Crippen LogP contribution is -2.27. The van der Waals surface area contributed by atoms with E-state index in [1.54, 1.807) is 6.07 Å². The molecule has 0 aromatic heterocycles. The number of ether oxygens (including phenoxy) is 1. The molecule has 1 aliphatic rings. The maximum absolute atomic E-state index is 10.0. The Morgan fingerprint density at radius 1 is 1.35 bits per heavy atom. The van der Waals surface area contributed by atoms with Gasteiger partial charge in [0.1, 0.15) is 5.75 Å². The number of hydrogen-bond donors (Lipinski definition) is 3. The molecule has 5 N–H and O–H groups in total. The Kier molecular flexibility index (Phi) is 3.91. The molecule has 0 spiro atoms. The molecular weight excluding hydrogens is 284 g/mol. The fraction of sp³-hybridized carbons (Fsp3) is 0.500. The van der Waals surface area contributed by atoms with Crippen molar-refractivity contribution in [2.24, 2.45) is 11.7 Å². The summed E-state index contributed by atoms with van der Waals surface area (Å²) in [6, 6.07) is 3.28. The normalized spacial score (nSPS) is 19.2. The van der Waals surface area contributed by atoms with Crippen LogP contribution in [0.25, 0.3) is 0 Å². The minimum absolute atomic E-state index is 0.0957. The van der Waals surface area contributed by atoms with Crippen molar-refractivity contribution in [2.75, 3.05) is 18.9 Å². The Labute approximate surface area is 109 Å². The molecule has 94 valence electrons. The number of benzene rings is 1. The molecule has 17 heavy (non-hydrogen) atoms. The second-order valence-electron chi connectivity index (χ2n) is 4.37. The molecule has 0 radical (unpaired) electrons. The predicted molar refractivity (Wildman–Crippen MR) is 70.7 cm³/mol. The SMILES string of the molecule is Nc1ccc(Br)c([C@@H](N)C2CCOCC2)c1O. The van der Waals surface area contributed by atoms with Crippen molar-refractivity contribution in [3.8, 4) is 5.75 Å². The van der Waals surface area contributed by atoms with Gasteiger partial charge in [0.05, 0.1) is 5.69 Å². The number of hydrogen-bond acceptors (Lipinski definition) is 4. The van der Waals surface area contributed by atoms with Gasteiger partial charge >= 0.3 is 0 Å². The molecule has 5 heteroatoms. The van der Waals surface area contributed by atoms with E-state index in [0.717, 1.165) is 30.5 Å². The fourth-order valence-electron chi connectivity index (χ4n) is 2.23. The Bertz CT molecular complexity index is 406. The highest BCUT2D eigenvalue weighted by atomic mass is 79.9. The fourth-order valence-corrected chi connectivity index (χ4v) is 2.81. The van der Waals surface area contributed by atoms with E-state index in [1.165, 1.54) is 0 Å². The van der Waals surface area contributed by atoms with Gasteiger partial charge in [-0.1, -0.05) is 15.9 Å². The highest BCUT2D eigenvalue weighted by Crippen LogP contribution is 2.40. The largest absolute Gasteiger partial charge is 0.505 e. The summed E-state index contributed by atoms with van der Waals surface area (Å²) in [5, 5.41) is 10.0. The number of aromatic hydroxyl groups is 1. The first kappa shape index (κ1) is 12.7. The summed E-state index contributed by atoms with van der Waals surface area (Å²) in [5.74, 6) is 0.422. The van der Waals surface area contributed by atoms with Crippen LogP contribution in [0.15, 0.2) is 16.6 Å². The van der Waals surface area contributed by atoms with Crippen molar-refractivity contribution in [3.63, 3.8) is 0 Å². The second-order valence-corrected chi connectivity index (χ2v) is 5.23. The Morgan fingerprint density at radius 3 is 2.65 bits per heavy atom. The van der Waals surface area contributed by atoms with Gasteiger partial charge in [-0.25, -0.2) is 0 Å². The minimum Gasteiger partial charge on any atom is -0.505 e. The lowest BCUT2D eigenvalue weighted by Gasteiger charge is -2.29. The predicted octanol–water partition coefficient (Wildman–Crippen LogP) is 2.16. The van der Waals surface area contributed by atoms with E-state index in [9.17, 15) is 5.11 Å². The number of nitrogens with two attached hydrogens (primary N) is 2. The molecule has 1 saturated heterocycles. The van der Waals surface area contributed by atoms with Gasteiger partial charge in [0, 0.05) is 29.3 Å². The number of anilines is 1. The van der Waals surface area contributed by atoms with Gasteiger partial charge in [0.2, 0.25) is 0 Å². The number of halogens is 1. The number of phenolic OH excluding ortho intramolecular Hbond substituents is 1. The van der Waals surface area contributed by atoms with Crippen LogP contribution in [-0.4, -0.2) is 18.3 Å². The second kappa shape index (κ2) is 5.25. The van der Waals surface area contributed by atoms with Crippen LogP contribution in [0, 0.1) is 5.92 Å². The third kappa shape index (κ3) is 2.56. The lowest BCUT2D eigenvalue weighted by molar-refractivity contribution is 0.0580. The maximum Gasteiger partial charge on any atom is 0.144 e. The van der Waals surface area contributed by atoms with Gasteiger partial charge in [-0.2, -0.15) is 0 Å². The van der Waals surface area contributed by atoms with E-state index in [4.69, 9.17) is 16.2 Å². The molecule has 1 atom stereocenters. The highest BCUT2D eigenvalue weighted by molar-refractivity contribution is 9.10. The number of rotatable bonds is 2. The van der Waals surface area contributed by atoms with Crippen molar-refractivity contribution >= 4 is 21.6 Å². The minimum atomic E-state index is -0.211. The third-order valence-electron chi connectivity index (χ3n) is 3.30. The van der Waals surface area contributed by atoms with Crippen molar-refractivity contribution < 1.29 is 9.84 Å². The van der Waals surface area contributed by atoms with E-state index in [0.29, 0.717) is 17.2 Å². The molecule has 1 aromatic carbocycles. The van der Waals surface area contributed by atoms with Crippen LogP contribution in [0.2, 0.25) is 0 Å². The molecule has 1 aliphatic heterocycles. The monoisotopic (exact) mass is 300 g/mol. The maximum atomic E-state index is 10.0. The molecule has 0 amide bonds. The average molecular weight is 301 g/mol. The van der Waals surface area contributed by atoms with Crippen molar-refractivity contribution in [1.29, 1.82) is 0 Å². The van der Waals surface area contributed by atoms with E-state index in [2.05, 4.69) is 15.9 Å². The first-order valence-corrected chi connectivity index (χ1v) is 6.50. The third-order valence-corrected chi connectivity index (χ3v) is 3.99. The molecule has 2 rings (SSSR count). The molecule has 0 bridgehead atoms. The van der Waals surface area contributed by atoms with Crippen LogP contribution in [0.1, 0.15) is 24.4 Å². The molecule has 0 saturated carbocycles. The van der Waals surface area contributed by atoms with Gasteiger partial charge in [0.25, 0.3) is 0 Å². The van der Waals surface area contributed by atoms with Gasteiger partial charge in [-0.15, -0.1) is 0 Å². The summed E-state index contributed by atoms with van der Waals surface area (Å²) in [4.78, 5) is 0. The van der Waals surface area contributed by atoms with Crippen LogP contribution >= 0.6 is 15.9 Å². The van der Waals surface area contributed by atoms with E-state index in [1.807, 2.05) is 6.07 Å². The summed E-state index contributed by atoms with van der Waals surface area (Å²) in [6.07, 6.45) is 1.84. The van der Waals surface area contributed by atoms with Gasteiger partial charge in [-0.3, -0.25) is 0 Å². The quantitative estimate of drug-likeness (QED) is 0.577. The molecule has 1 heterocycles. The lowest BCUT2D eigenvalue weighted by atomic mass is 9.87. The standard InChI is InChI=1S/C12H17BrN2O2/c13-8-1-2-9(14)12(16)10(8)11(15)7-3-5-17-6-4-7/h1-2,7,11,16H,3-6,14-15H2/t11-/m0/s1. The first-order valence-electron chi connectivity index (χ1n) is 5.71. The zero-order valence-corrected chi connectivity index (χ0v) is 11.1. The highest BCUT2D eigenvalue weighted by Gasteiger charge is 2.26. The van der Waals surface area contributed by atoms with Crippen LogP contribution in [0.5, 0.6) is 5.75 Å². The topological polar surface area (TPSA) is 81.5 Å². The van der Waals surface area contributed by atoms with E-state index in [-0.39, 0.29) is 11.8 Å². The molecule has 1 fully saturated rings. The van der Waals surface area contributed by atoms with Gasteiger partial charge < -0.3 is 21.3 Å². The van der Waals surface area contributed by atoms with Gasteiger partial charge in [0.15, 0.2) is 0 Å². The van der Waals surface area contributed by atoms with Crippen LogP contribution in [-0.2, 0) is 4.74 Å². The Hall–Kier alpha value is -0.780. The number of nitrogen functional groups attached to an aromatic ring is 1. The van der Waals surface area contributed by atoms with Crippen molar-refractivity contribution in [1.82, 2.24) is 0 Å². The zero-order chi connectivity index (χ0) is 12.4. The Balaban J connectivity index is 2.29. The smallest absolute Gasteiger partial charge is 0.144 e. The first-order chi connectivity index (χ1) is 8.11. The summed E-state index contributed by atoms with van der Waals surface area (Å²) in [6.45, 7) is 1.47. The van der Waals surface area contributed by atoms with Gasteiger partial charge in [-0.05, 0) is 30.9 Å². The van der Waals surface area contributed by atoms with E-state index >= 15 is 0 Å². The van der Waals surface area contributed by atoms with E-state index < -0.39 is 0 Å². The van der Waals surface area contributed by atoms with Crippen molar-refractivity contribution in [3.05, 3.63) is 22.2 Å². The Morgan fingerprint density at radius 2 is 2.00 bits per heavy atom. The number of phenols is 1. The van der Waals surface area contributed by atoms with Crippen LogP contribution in [0.4, 0.5) is 5.69 Å². The molecular formula is C12H17BrN2O2. The summed E-state index contributed by atoms with van der Waals surface area (Å²) >= 11 is 3.42. The summed E-state index contributed by atoms with van der Waals surface area (Å²) in [7, 11) is 0. The average Bonchev–Trinajstić information content (AvgIpc) is 2.35. The molecule has 0 unspecified atom stereocenters. The molecule has 0 aliphatic carbocycles. The molecule has 1 aromatic rings. The zero-order valence-electron chi connectivity index (χ0n) is 9.53. The van der Waals surface area contributed by atoms with Crippen molar-refractivity contribution in [2.45, 2.75) is 18.9 Å². The summed E-state index contributed by atoms with van der Waals surface area (Å²) < 4.78 is 6.12. The van der Waals surface area contributed by atoms with Crippen LogP contribution in [0.3, 0.4) is 0 Å². The molecule has 4 nitrogen and oxygen atoms in total. The van der Waals surface area contributed by atoms with Crippen LogP contribution < -0.4 is 11.5 Å².